The summed E-state index contributed by atoms with van der Waals surface area (Å²) in [7, 11) is 2.10. The van der Waals surface area contributed by atoms with E-state index in [1.54, 1.807) is 11.3 Å². The molecule has 3 rings (SSSR count). The van der Waals surface area contributed by atoms with Crippen LogP contribution in [-0.2, 0) is 13.1 Å². The monoisotopic (exact) mass is 351 g/mol. The number of hydrogen-bond donors (Lipinski definition) is 1. The highest BCUT2D eigenvalue weighted by atomic mass is 79.9. The van der Waals surface area contributed by atoms with E-state index in [-0.39, 0.29) is 0 Å². The number of nitrogens with one attached hydrogen (secondary N) is 1. The minimum absolute atomic E-state index is 0.737. The van der Waals surface area contributed by atoms with Crippen molar-refractivity contribution >= 4 is 32.4 Å². The third kappa shape index (κ3) is 3.81. The van der Waals surface area contributed by atoms with Gasteiger partial charge < -0.3 is 10.2 Å². The normalized spacial score (nSPS) is 14.5. The molecule has 5 heteroatoms. The van der Waals surface area contributed by atoms with Crippen molar-refractivity contribution in [2.45, 2.75) is 32.0 Å². The molecular weight excluding hydrogens is 334 g/mol. The molecule has 1 N–H and O–H groups in total. The second-order valence-corrected chi connectivity index (χ2v) is 7.01. The van der Waals surface area contributed by atoms with Crippen molar-refractivity contribution in [2.75, 3.05) is 11.9 Å². The van der Waals surface area contributed by atoms with Crippen LogP contribution in [0.2, 0.25) is 0 Å². The van der Waals surface area contributed by atoms with Crippen molar-refractivity contribution in [1.29, 1.82) is 0 Å². The Kier molecular flexibility index (Phi) is 4.38. The van der Waals surface area contributed by atoms with Crippen LogP contribution >= 0.6 is 27.3 Å². The quantitative estimate of drug-likeness (QED) is 0.857. The fourth-order valence-electron chi connectivity index (χ4n) is 2.02. The molecule has 0 amide bonds. The van der Waals surface area contributed by atoms with Gasteiger partial charge in [0.15, 0.2) is 5.13 Å². The Morgan fingerprint density at radius 1 is 1.35 bits per heavy atom. The third-order valence-electron chi connectivity index (χ3n) is 3.35. The van der Waals surface area contributed by atoms with E-state index in [4.69, 9.17) is 4.98 Å². The number of thiazole rings is 1. The minimum Gasteiger partial charge on any atom is -0.347 e. The molecule has 1 heterocycles. The highest BCUT2D eigenvalue weighted by Gasteiger charge is 2.20. The molecule has 20 heavy (non-hydrogen) atoms. The van der Waals surface area contributed by atoms with Gasteiger partial charge in [-0.3, -0.25) is 0 Å². The average Bonchev–Trinajstić information content (AvgIpc) is 3.15. The van der Waals surface area contributed by atoms with Crippen LogP contribution in [0.4, 0.5) is 5.13 Å². The number of halogens is 1. The molecule has 0 atom stereocenters. The lowest BCUT2D eigenvalue weighted by Crippen LogP contribution is -2.17. The van der Waals surface area contributed by atoms with Crippen LogP contribution in [0.1, 0.15) is 24.1 Å². The number of nitrogens with zero attached hydrogens (tertiary/aromatic N) is 2. The van der Waals surface area contributed by atoms with Crippen LogP contribution in [0.15, 0.2) is 34.1 Å². The third-order valence-corrected chi connectivity index (χ3v) is 4.88. The molecule has 0 unspecified atom stereocenters. The van der Waals surface area contributed by atoms with Crippen LogP contribution in [0, 0.1) is 0 Å². The van der Waals surface area contributed by atoms with Gasteiger partial charge in [0.1, 0.15) is 0 Å². The Hall–Kier alpha value is -0.910. The van der Waals surface area contributed by atoms with Gasteiger partial charge in [-0.2, -0.15) is 0 Å². The van der Waals surface area contributed by atoms with Crippen LogP contribution in [0.25, 0.3) is 0 Å². The summed E-state index contributed by atoms with van der Waals surface area (Å²) in [6, 6.07) is 9.18. The largest absolute Gasteiger partial charge is 0.347 e. The molecule has 1 fully saturated rings. The maximum absolute atomic E-state index is 4.70. The lowest BCUT2D eigenvalue weighted by Gasteiger charge is -2.15. The van der Waals surface area contributed by atoms with E-state index in [1.165, 1.54) is 18.4 Å². The molecule has 0 bridgehead atoms. The van der Waals surface area contributed by atoms with Crippen molar-refractivity contribution in [1.82, 2.24) is 10.3 Å². The van der Waals surface area contributed by atoms with Crippen molar-refractivity contribution < 1.29 is 0 Å². The highest BCUT2D eigenvalue weighted by Crippen LogP contribution is 2.23. The summed E-state index contributed by atoms with van der Waals surface area (Å²) in [6.07, 6.45) is 2.64. The SMILES string of the molecule is CN(Cc1ccc(Br)cc1)c1nc(CNC2CC2)cs1. The van der Waals surface area contributed by atoms with Crippen LogP contribution < -0.4 is 10.2 Å². The molecule has 0 aliphatic heterocycles. The lowest BCUT2D eigenvalue weighted by atomic mass is 10.2. The molecule has 3 nitrogen and oxygen atoms in total. The molecule has 0 spiro atoms. The zero-order valence-corrected chi connectivity index (χ0v) is 13.9. The summed E-state index contributed by atoms with van der Waals surface area (Å²) in [5.41, 5.74) is 2.45. The van der Waals surface area contributed by atoms with E-state index in [1.807, 2.05) is 0 Å². The highest BCUT2D eigenvalue weighted by molar-refractivity contribution is 9.10. The summed E-state index contributed by atoms with van der Waals surface area (Å²) < 4.78 is 1.12. The molecule has 1 saturated carbocycles. The van der Waals surface area contributed by atoms with Crippen LogP contribution in [0.3, 0.4) is 0 Å². The van der Waals surface area contributed by atoms with E-state index in [0.717, 1.165) is 34.4 Å². The van der Waals surface area contributed by atoms with Gasteiger partial charge in [-0.25, -0.2) is 4.98 Å². The van der Waals surface area contributed by atoms with Gasteiger partial charge in [0, 0.05) is 36.0 Å². The zero-order valence-electron chi connectivity index (χ0n) is 11.5. The first-order valence-corrected chi connectivity index (χ1v) is 8.51. The average molecular weight is 352 g/mol. The second kappa shape index (κ2) is 6.24. The Balaban J connectivity index is 1.58. The lowest BCUT2D eigenvalue weighted by molar-refractivity contribution is 0.676. The van der Waals surface area contributed by atoms with Crippen molar-refractivity contribution in [3.8, 4) is 0 Å². The second-order valence-electron chi connectivity index (χ2n) is 5.26. The summed E-state index contributed by atoms with van der Waals surface area (Å²) >= 11 is 5.18. The van der Waals surface area contributed by atoms with Crippen molar-refractivity contribution in [3.63, 3.8) is 0 Å². The first kappa shape index (κ1) is 14.0. The Morgan fingerprint density at radius 2 is 2.10 bits per heavy atom. The van der Waals surface area contributed by atoms with Gasteiger partial charge in [-0.15, -0.1) is 11.3 Å². The molecular formula is C15H18BrN3S. The van der Waals surface area contributed by atoms with Crippen LogP contribution in [-0.4, -0.2) is 18.1 Å². The molecule has 1 aliphatic carbocycles. The number of rotatable bonds is 6. The first-order chi connectivity index (χ1) is 9.70. The van der Waals surface area contributed by atoms with E-state index in [0.29, 0.717) is 0 Å². The summed E-state index contributed by atoms with van der Waals surface area (Å²) in [5, 5.41) is 6.74. The predicted molar refractivity (Wildman–Crippen MR) is 88.2 cm³/mol. The van der Waals surface area contributed by atoms with Crippen LogP contribution in [0.5, 0.6) is 0 Å². The number of hydrogen-bond acceptors (Lipinski definition) is 4. The predicted octanol–water partition coefficient (Wildman–Crippen LogP) is 3.79. The molecule has 0 radical (unpaired) electrons. The van der Waals surface area contributed by atoms with E-state index < -0.39 is 0 Å². The molecule has 106 valence electrons. The van der Waals surface area contributed by atoms with Gasteiger partial charge in [0.25, 0.3) is 0 Å². The molecule has 1 aromatic carbocycles. The van der Waals surface area contributed by atoms with Gasteiger partial charge in [-0.05, 0) is 30.5 Å². The number of anilines is 1. The Labute approximate surface area is 132 Å². The molecule has 1 aromatic heterocycles. The molecule has 0 saturated heterocycles. The summed E-state index contributed by atoms with van der Waals surface area (Å²) in [5.74, 6) is 0. The van der Waals surface area contributed by atoms with Gasteiger partial charge in [0.2, 0.25) is 0 Å². The van der Waals surface area contributed by atoms with Gasteiger partial charge >= 0.3 is 0 Å². The van der Waals surface area contributed by atoms with E-state index >= 15 is 0 Å². The molecule has 1 aliphatic rings. The van der Waals surface area contributed by atoms with Gasteiger partial charge in [0.05, 0.1) is 5.69 Å². The van der Waals surface area contributed by atoms with Crippen molar-refractivity contribution in [2.24, 2.45) is 0 Å². The topological polar surface area (TPSA) is 28.2 Å². The fraction of sp³-hybridized carbons (Fsp3) is 0.400. The summed E-state index contributed by atoms with van der Waals surface area (Å²) in [6.45, 7) is 1.78. The Morgan fingerprint density at radius 3 is 2.80 bits per heavy atom. The summed E-state index contributed by atoms with van der Waals surface area (Å²) in [4.78, 5) is 6.90. The van der Waals surface area contributed by atoms with Crippen molar-refractivity contribution in [3.05, 3.63) is 45.4 Å². The maximum atomic E-state index is 4.70. The standard InChI is InChI=1S/C15H18BrN3S/c1-19(9-11-2-4-12(16)5-3-11)15-18-14(10-20-15)8-17-13-6-7-13/h2-5,10,13,17H,6-9H2,1H3. The van der Waals surface area contributed by atoms with E-state index in [2.05, 4.69) is 62.8 Å². The maximum Gasteiger partial charge on any atom is 0.185 e. The Bertz CT molecular complexity index is 563. The first-order valence-electron chi connectivity index (χ1n) is 6.84. The number of aromatic nitrogens is 1. The number of benzene rings is 1. The fourth-order valence-corrected chi connectivity index (χ4v) is 3.08. The molecule has 2 aromatic rings. The van der Waals surface area contributed by atoms with E-state index in [9.17, 15) is 0 Å². The van der Waals surface area contributed by atoms with Gasteiger partial charge in [-0.1, -0.05) is 28.1 Å². The smallest absolute Gasteiger partial charge is 0.185 e. The minimum atomic E-state index is 0.737. The zero-order chi connectivity index (χ0) is 13.9.